The number of aromatic nitrogens is 1. The topological polar surface area (TPSA) is 68.3 Å². The summed E-state index contributed by atoms with van der Waals surface area (Å²) in [4.78, 5) is 28.7. The summed E-state index contributed by atoms with van der Waals surface area (Å²) in [5.74, 6) is 1.77. The van der Waals surface area contributed by atoms with Gasteiger partial charge in [-0.2, -0.15) is 0 Å². The van der Waals surface area contributed by atoms with Crippen molar-refractivity contribution in [3.63, 3.8) is 0 Å². The summed E-state index contributed by atoms with van der Waals surface area (Å²) in [5, 5.41) is 3.34. The first-order valence-corrected chi connectivity index (χ1v) is 8.82. The average molecular weight is 322 g/mol. The minimum absolute atomic E-state index is 0.0155. The fourth-order valence-electron chi connectivity index (χ4n) is 3.87. The number of esters is 1. The Labute approximate surface area is 134 Å². The number of carbonyl (C=O) groups excluding carboxylic acids is 2. The van der Waals surface area contributed by atoms with Gasteiger partial charge in [0.2, 0.25) is 5.91 Å². The van der Waals surface area contributed by atoms with Gasteiger partial charge in [-0.3, -0.25) is 4.79 Å². The summed E-state index contributed by atoms with van der Waals surface area (Å²) in [6, 6.07) is 0. The van der Waals surface area contributed by atoms with E-state index in [2.05, 4.69) is 10.3 Å². The van der Waals surface area contributed by atoms with Crippen molar-refractivity contribution in [2.45, 2.75) is 46.0 Å². The molecule has 1 aromatic rings. The van der Waals surface area contributed by atoms with Crippen LogP contribution in [0.25, 0.3) is 0 Å². The Kier molecular flexibility index (Phi) is 4.47. The third-order valence-electron chi connectivity index (χ3n) is 4.84. The lowest BCUT2D eigenvalue weighted by Gasteiger charge is -2.20. The zero-order valence-electron chi connectivity index (χ0n) is 13.1. The monoisotopic (exact) mass is 322 g/mol. The Morgan fingerprint density at radius 2 is 2.18 bits per heavy atom. The van der Waals surface area contributed by atoms with E-state index in [1.54, 1.807) is 13.8 Å². The second-order valence-corrected chi connectivity index (χ2v) is 7.34. The highest BCUT2D eigenvalue weighted by Gasteiger charge is 2.40. The number of carbonyl (C=O) groups is 2. The molecule has 120 valence electrons. The molecule has 0 aromatic carbocycles. The van der Waals surface area contributed by atoms with Crippen LogP contribution in [-0.2, 0) is 9.53 Å². The van der Waals surface area contributed by atoms with Crippen LogP contribution in [0.4, 0.5) is 5.13 Å². The van der Waals surface area contributed by atoms with Crippen LogP contribution >= 0.6 is 11.3 Å². The van der Waals surface area contributed by atoms with E-state index >= 15 is 0 Å². The molecule has 0 aliphatic heterocycles. The van der Waals surface area contributed by atoms with E-state index < -0.39 is 0 Å². The molecule has 2 aliphatic carbocycles. The van der Waals surface area contributed by atoms with E-state index in [0.717, 1.165) is 11.8 Å². The summed E-state index contributed by atoms with van der Waals surface area (Å²) in [5.41, 5.74) is 0.610. The summed E-state index contributed by atoms with van der Waals surface area (Å²) >= 11 is 1.19. The number of nitrogens with one attached hydrogen (secondary N) is 1. The van der Waals surface area contributed by atoms with E-state index in [4.69, 9.17) is 4.74 Å². The molecule has 5 nitrogen and oxygen atoms in total. The average Bonchev–Trinajstić information content (AvgIpc) is 3.14. The standard InChI is InChI=1S/C16H22N2O3S/c1-3-21-15(20)14-9(2)17-16(22-14)18-13(19)8-12-7-10-4-5-11(12)6-10/h10-12H,3-8H2,1-2H3,(H,17,18,19). The summed E-state index contributed by atoms with van der Waals surface area (Å²) in [6.07, 6.45) is 5.71. The van der Waals surface area contributed by atoms with Crippen LogP contribution in [0.5, 0.6) is 0 Å². The number of thiazole rings is 1. The number of fused-ring (bicyclic) bond motifs is 2. The van der Waals surface area contributed by atoms with Gasteiger partial charge in [-0.15, -0.1) is 0 Å². The number of ether oxygens (including phenoxy) is 1. The zero-order chi connectivity index (χ0) is 15.7. The van der Waals surface area contributed by atoms with Gasteiger partial charge in [0.05, 0.1) is 12.3 Å². The third kappa shape index (κ3) is 3.16. The first-order valence-electron chi connectivity index (χ1n) is 8.01. The van der Waals surface area contributed by atoms with Crippen LogP contribution in [0.3, 0.4) is 0 Å². The number of hydrogen-bond acceptors (Lipinski definition) is 5. The van der Waals surface area contributed by atoms with Crippen LogP contribution in [0.15, 0.2) is 0 Å². The second-order valence-electron chi connectivity index (χ2n) is 6.34. The Morgan fingerprint density at radius 3 is 2.82 bits per heavy atom. The molecule has 0 saturated heterocycles. The van der Waals surface area contributed by atoms with E-state index in [1.165, 1.54) is 37.0 Å². The van der Waals surface area contributed by atoms with Crippen LogP contribution in [0.1, 0.15) is 54.4 Å². The van der Waals surface area contributed by atoms with Crippen LogP contribution < -0.4 is 5.32 Å². The fourth-order valence-corrected chi connectivity index (χ4v) is 4.75. The highest BCUT2D eigenvalue weighted by Crippen LogP contribution is 2.49. The molecule has 0 radical (unpaired) electrons. The Hall–Kier alpha value is -1.43. The van der Waals surface area contributed by atoms with E-state index in [1.807, 2.05) is 0 Å². The molecule has 1 N–H and O–H groups in total. The van der Waals surface area contributed by atoms with Gasteiger partial charge in [-0.05, 0) is 50.9 Å². The van der Waals surface area contributed by atoms with Crippen molar-refractivity contribution in [3.05, 3.63) is 10.6 Å². The molecule has 1 amide bonds. The number of amides is 1. The SMILES string of the molecule is CCOC(=O)c1sc(NC(=O)CC2CC3CCC2C3)nc1C. The van der Waals surface area contributed by atoms with Crippen molar-refractivity contribution in [1.29, 1.82) is 0 Å². The van der Waals surface area contributed by atoms with Gasteiger partial charge in [-0.25, -0.2) is 9.78 Å². The van der Waals surface area contributed by atoms with Crippen LogP contribution in [-0.4, -0.2) is 23.5 Å². The fraction of sp³-hybridized carbons (Fsp3) is 0.688. The van der Waals surface area contributed by atoms with E-state index in [9.17, 15) is 9.59 Å². The molecule has 2 fully saturated rings. The lowest BCUT2D eigenvalue weighted by atomic mass is 9.86. The molecule has 1 aromatic heterocycles. The molecule has 2 aliphatic rings. The Balaban J connectivity index is 1.57. The minimum Gasteiger partial charge on any atom is -0.462 e. The van der Waals surface area contributed by atoms with Crippen molar-refractivity contribution in [2.24, 2.45) is 17.8 Å². The molecule has 22 heavy (non-hydrogen) atoms. The van der Waals surface area contributed by atoms with Gasteiger partial charge in [0.1, 0.15) is 4.88 Å². The number of anilines is 1. The molecule has 0 spiro atoms. The van der Waals surface area contributed by atoms with Gasteiger partial charge >= 0.3 is 5.97 Å². The predicted molar refractivity (Wildman–Crippen MR) is 85.0 cm³/mol. The molecule has 3 unspecified atom stereocenters. The number of aryl methyl sites for hydroxylation is 1. The maximum atomic E-state index is 12.2. The zero-order valence-corrected chi connectivity index (χ0v) is 13.9. The number of hydrogen-bond donors (Lipinski definition) is 1. The van der Waals surface area contributed by atoms with Crippen LogP contribution in [0.2, 0.25) is 0 Å². The first-order chi connectivity index (χ1) is 10.6. The van der Waals surface area contributed by atoms with E-state index in [0.29, 0.717) is 34.6 Å². The largest absolute Gasteiger partial charge is 0.462 e. The maximum Gasteiger partial charge on any atom is 0.350 e. The summed E-state index contributed by atoms with van der Waals surface area (Å²) in [7, 11) is 0. The van der Waals surface area contributed by atoms with Crippen molar-refractivity contribution >= 4 is 28.3 Å². The molecule has 2 saturated carbocycles. The number of rotatable bonds is 5. The van der Waals surface area contributed by atoms with Crippen molar-refractivity contribution in [1.82, 2.24) is 4.98 Å². The molecular formula is C16H22N2O3S. The molecular weight excluding hydrogens is 300 g/mol. The highest BCUT2D eigenvalue weighted by molar-refractivity contribution is 7.17. The quantitative estimate of drug-likeness (QED) is 0.844. The van der Waals surface area contributed by atoms with Crippen molar-refractivity contribution in [2.75, 3.05) is 11.9 Å². The lowest BCUT2D eigenvalue weighted by molar-refractivity contribution is -0.117. The van der Waals surface area contributed by atoms with Crippen molar-refractivity contribution < 1.29 is 14.3 Å². The molecule has 6 heteroatoms. The minimum atomic E-state index is -0.369. The molecule has 3 atom stereocenters. The smallest absolute Gasteiger partial charge is 0.350 e. The Morgan fingerprint density at radius 1 is 1.36 bits per heavy atom. The maximum absolute atomic E-state index is 12.2. The van der Waals surface area contributed by atoms with Gasteiger partial charge in [0.25, 0.3) is 0 Å². The molecule has 1 heterocycles. The normalized spacial score (nSPS) is 26.2. The van der Waals surface area contributed by atoms with Crippen LogP contribution in [0, 0.1) is 24.7 Å². The summed E-state index contributed by atoms with van der Waals surface area (Å²) in [6.45, 7) is 3.86. The predicted octanol–water partition coefficient (Wildman–Crippen LogP) is 3.39. The Bertz CT molecular complexity index is 584. The first kappa shape index (κ1) is 15.5. The van der Waals surface area contributed by atoms with E-state index in [-0.39, 0.29) is 11.9 Å². The van der Waals surface area contributed by atoms with Gasteiger partial charge in [0.15, 0.2) is 5.13 Å². The lowest BCUT2D eigenvalue weighted by Crippen LogP contribution is -2.20. The molecule has 3 rings (SSSR count). The van der Waals surface area contributed by atoms with Crippen molar-refractivity contribution in [3.8, 4) is 0 Å². The van der Waals surface area contributed by atoms with Gasteiger partial charge in [0, 0.05) is 6.42 Å². The molecule has 2 bridgehead atoms. The summed E-state index contributed by atoms with van der Waals surface area (Å²) < 4.78 is 4.99. The van der Waals surface area contributed by atoms with Gasteiger partial charge in [-0.1, -0.05) is 17.8 Å². The van der Waals surface area contributed by atoms with Gasteiger partial charge < -0.3 is 10.1 Å². The second kappa shape index (κ2) is 6.36. The third-order valence-corrected chi connectivity index (χ3v) is 5.89. The number of nitrogens with zero attached hydrogens (tertiary/aromatic N) is 1. The highest BCUT2D eigenvalue weighted by atomic mass is 32.1.